The zero-order chi connectivity index (χ0) is 24.3. The predicted octanol–water partition coefficient (Wildman–Crippen LogP) is 1.91. The lowest BCUT2D eigenvalue weighted by Gasteiger charge is -2.08. The minimum Gasteiger partial charge on any atom is -0.462 e. The van der Waals surface area contributed by atoms with Gasteiger partial charge in [0.05, 0.1) is 18.1 Å². The van der Waals surface area contributed by atoms with E-state index in [1.807, 2.05) is 6.92 Å². The molecule has 0 aromatic carbocycles. The molecule has 178 valence electrons. The van der Waals surface area contributed by atoms with Gasteiger partial charge < -0.3 is 14.6 Å². The molecule has 0 bridgehead atoms. The molecule has 0 aliphatic carbocycles. The number of imidazole rings is 1. The summed E-state index contributed by atoms with van der Waals surface area (Å²) in [6.07, 6.45) is 1.72. The lowest BCUT2D eigenvalue weighted by molar-refractivity contribution is -0.113. The Bertz CT molecular complexity index is 1320. The van der Waals surface area contributed by atoms with E-state index < -0.39 is 17.2 Å². The fourth-order valence-electron chi connectivity index (χ4n) is 3.18. The van der Waals surface area contributed by atoms with Crippen LogP contribution in [-0.4, -0.2) is 47.9 Å². The zero-order valence-corrected chi connectivity index (χ0v) is 20.8. The Kier molecular flexibility index (Phi) is 7.74. The number of nitrogens with zero attached hydrogens (tertiary/aromatic N) is 5. The lowest BCUT2D eigenvalue weighted by atomic mass is 10.3. The summed E-state index contributed by atoms with van der Waals surface area (Å²) in [6, 6.07) is 0. The Hall–Kier alpha value is -2.93. The van der Waals surface area contributed by atoms with Crippen LogP contribution in [0.4, 0.5) is 5.13 Å². The molecule has 0 saturated heterocycles. The Morgan fingerprint density at radius 3 is 2.55 bits per heavy atom. The number of thiazole rings is 1. The molecule has 3 heterocycles. The minimum atomic E-state index is -0.473. The SMILES string of the molecule is CCCCn1c(SCC(=O)Nc2nc(C)c(C(=O)OCC)s2)nc2c1c(=O)n(C)c(=O)n2C. The monoisotopic (exact) mass is 494 g/mol. The van der Waals surface area contributed by atoms with Gasteiger partial charge >= 0.3 is 11.7 Å². The normalized spacial score (nSPS) is 11.2. The van der Waals surface area contributed by atoms with Gasteiger partial charge in [0.15, 0.2) is 21.5 Å². The highest BCUT2D eigenvalue weighted by atomic mass is 32.2. The predicted molar refractivity (Wildman–Crippen MR) is 127 cm³/mol. The number of hydrogen-bond acceptors (Lipinski definition) is 9. The summed E-state index contributed by atoms with van der Waals surface area (Å²) in [5.41, 5.74) is 0.234. The maximum absolute atomic E-state index is 12.8. The van der Waals surface area contributed by atoms with Gasteiger partial charge in [-0.3, -0.25) is 18.7 Å². The Morgan fingerprint density at radius 2 is 1.88 bits per heavy atom. The molecule has 0 fully saturated rings. The maximum atomic E-state index is 12.8. The number of aryl methyl sites for hydroxylation is 3. The number of thioether (sulfide) groups is 1. The Morgan fingerprint density at radius 1 is 1.15 bits per heavy atom. The smallest absolute Gasteiger partial charge is 0.350 e. The number of carbonyl (C=O) groups is 2. The average Bonchev–Trinajstić information content (AvgIpc) is 3.33. The number of unbranched alkanes of at least 4 members (excludes halogenated alkanes) is 1. The van der Waals surface area contributed by atoms with Crippen LogP contribution in [0.1, 0.15) is 42.1 Å². The van der Waals surface area contributed by atoms with Gasteiger partial charge in [0.2, 0.25) is 5.91 Å². The zero-order valence-electron chi connectivity index (χ0n) is 19.1. The molecule has 3 aromatic heterocycles. The van der Waals surface area contributed by atoms with Crippen LogP contribution < -0.4 is 16.6 Å². The number of rotatable bonds is 9. The summed E-state index contributed by atoms with van der Waals surface area (Å²) in [5.74, 6) is -0.795. The second-order valence-corrected chi connectivity index (χ2v) is 9.21. The van der Waals surface area contributed by atoms with E-state index in [1.54, 1.807) is 25.5 Å². The van der Waals surface area contributed by atoms with Crippen LogP contribution in [0.3, 0.4) is 0 Å². The molecule has 1 amide bonds. The van der Waals surface area contributed by atoms with Crippen molar-refractivity contribution in [3.8, 4) is 0 Å². The molecular formula is C20H26N6O5S2. The Labute approximate surface area is 197 Å². The van der Waals surface area contributed by atoms with E-state index >= 15 is 0 Å². The number of nitrogens with one attached hydrogen (secondary N) is 1. The van der Waals surface area contributed by atoms with Gasteiger partial charge in [0.25, 0.3) is 5.56 Å². The van der Waals surface area contributed by atoms with Gasteiger partial charge in [-0.2, -0.15) is 0 Å². The van der Waals surface area contributed by atoms with E-state index in [4.69, 9.17) is 4.74 Å². The van der Waals surface area contributed by atoms with Crippen LogP contribution in [0.2, 0.25) is 0 Å². The van der Waals surface area contributed by atoms with Crippen molar-refractivity contribution in [2.75, 3.05) is 17.7 Å². The van der Waals surface area contributed by atoms with E-state index in [0.29, 0.717) is 32.9 Å². The summed E-state index contributed by atoms with van der Waals surface area (Å²) in [6.45, 7) is 6.22. The van der Waals surface area contributed by atoms with Crippen LogP contribution in [-0.2, 0) is 30.2 Å². The van der Waals surface area contributed by atoms with E-state index in [1.165, 1.54) is 23.4 Å². The minimum absolute atomic E-state index is 0.0110. The van der Waals surface area contributed by atoms with Crippen molar-refractivity contribution < 1.29 is 14.3 Å². The fraction of sp³-hybridized carbons (Fsp3) is 0.500. The summed E-state index contributed by atoms with van der Waals surface area (Å²) >= 11 is 2.22. The first-order chi connectivity index (χ1) is 15.7. The summed E-state index contributed by atoms with van der Waals surface area (Å²) in [4.78, 5) is 58.6. The molecule has 33 heavy (non-hydrogen) atoms. The standard InChI is InChI=1S/C20H26N6O5S2/c1-6-8-9-26-13-15(24(4)20(30)25(5)16(13)28)23-19(26)32-10-12(27)22-18-21-11(3)14(33-18)17(29)31-7-2/h6-10H2,1-5H3,(H,21,22,27). The first-order valence-electron chi connectivity index (χ1n) is 10.4. The third-order valence-corrected chi connectivity index (χ3v) is 6.91. The average molecular weight is 495 g/mol. The third kappa shape index (κ3) is 5.03. The molecule has 3 aromatic rings. The van der Waals surface area contributed by atoms with Crippen molar-refractivity contribution in [1.29, 1.82) is 0 Å². The number of hydrogen-bond donors (Lipinski definition) is 1. The highest BCUT2D eigenvalue weighted by molar-refractivity contribution is 7.99. The van der Waals surface area contributed by atoms with Crippen molar-refractivity contribution in [3.63, 3.8) is 0 Å². The van der Waals surface area contributed by atoms with Gasteiger partial charge in [-0.25, -0.2) is 19.6 Å². The number of amides is 1. The van der Waals surface area contributed by atoms with Crippen LogP contribution in [0.5, 0.6) is 0 Å². The molecule has 0 saturated carbocycles. The van der Waals surface area contributed by atoms with Crippen LogP contribution in [0.15, 0.2) is 14.7 Å². The van der Waals surface area contributed by atoms with Gasteiger partial charge in [-0.1, -0.05) is 36.4 Å². The van der Waals surface area contributed by atoms with Crippen molar-refractivity contribution in [2.24, 2.45) is 14.1 Å². The van der Waals surface area contributed by atoms with Crippen LogP contribution in [0, 0.1) is 6.92 Å². The van der Waals surface area contributed by atoms with Gasteiger partial charge in [-0.05, 0) is 20.3 Å². The molecule has 0 unspecified atom stereocenters. The van der Waals surface area contributed by atoms with Crippen molar-refractivity contribution in [2.45, 2.75) is 45.3 Å². The summed E-state index contributed by atoms with van der Waals surface area (Å²) in [7, 11) is 3.00. The first-order valence-corrected chi connectivity index (χ1v) is 12.2. The number of fused-ring (bicyclic) bond motifs is 1. The lowest BCUT2D eigenvalue weighted by Crippen LogP contribution is -2.37. The molecule has 0 atom stereocenters. The molecule has 0 aliphatic heterocycles. The van der Waals surface area contributed by atoms with E-state index in [0.717, 1.165) is 28.7 Å². The second-order valence-electron chi connectivity index (χ2n) is 7.27. The van der Waals surface area contributed by atoms with E-state index in [2.05, 4.69) is 15.3 Å². The van der Waals surface area contributed by atoms with Crippen molar-refractivity contribution in [1.82, 2.24) is 23.7 Å². The van der Waals surface area contributed by atoms with Gasteiger partial charge in [0.1, 0.15) is 4.88 Å². The molecule has 11 nitrogen and oxygen atoms in total. The van der Waals surface area contributed by atoms with Gasteiger partial charge in [0, 0.05) is 20.6 Å². The summed E-state index contributed by atoms with van der Waals surface area (Å²) < 4.78 is 9.15. The number of aromatic nitrogens is 5. The number of carbonyl (C=O) groups excluding carboxylic acids is 2. The highest BCUT2D eigenvalue weighted by Gasteiger charge is 2.21. The highest BCUT2D eigenvalue weighted by Crippen LogP contribution is 2.25. The summed E-state index contributed by atoms with van der Waals surface area (Å²) in [5, 5.41) is 3.47. The molecule has 1 N–H and O–H groups in total. The topological polar surface area (TPSA) is 130 Å². The molecule has 0 aliphatic rings. The number of anilines is 1. The van der Waals surface area contributed by atoms with E-state index in [-0.39, 0.29) is 23.9 Å². The van der Waals surface area contributed by atoms with Crippen LogP contribution in [0.25, 0.3) is 11.2 Å². The molecule has 0 spiro atoms. The largest absolute Gasteiger partial charge is 0.462 e. The maximum Gasteiger partial charge on any atom is 0.350 e. The first kappa shape index (κ1) is 24.7. The number of esters is 1. The number of ether oxygens (including phenoxy) is 1. The van der Waals surface area contributed by atoms with Crippen molar-refractivity contribution >= 4 is 51.3 Å². The fourth-order valence-corrected chi connectivity index (χ4v) is 4.88. The molecule has 3 rings (SSSR count). The van der Waals surface area contributed by atoms with Crippen LogP contribution >= 0.6 is 23.1 Å². The quantitative estimate of drug-likeness (QED) is 0.353. The van der Waals surface area contributed by atoms with Gasteiger partial charge in [-0.15, -0.1) is 0 Å². The third-order valence-electron chi connectivity index (χ3n) is 4.88. The Balaban J connectivity index is 1.83. The molecule has 0 radical (unpaired) electrons. The van der Waals surface area contributed by atoms with E-state index in [9.17, 15) is 19.2 Å². The molecular weight excluding hydrogens is 468 g/mol. The van der Waals surface area contributed by atoms with Crippen molar-refractivity contribution in [3.05, 3.63) is 31.4 Å². The molecule has 13 heteroatoms. The second kappa shape index (κ2) is 10.3.